The first-order valence-electron chi connectivity index (χ1n) is 9.99. The number of hydrogen-bond acceptors (Lipinski definition) is 3. The Morgan fingerprint density at radius 3 is 2.33 bits per heavy atom. The molecule has 1 saturated heterocycles. The van der Waals surface area contributed by atoms with Crippen molar-refractivity contribution in [1.82, 2.24) is 10.2 Å². The fourth-order valence-electron chi connectivity index (χ4n) is 4.14. The van der Waals surface area contributed by atoms with Gasteiger partial charge in [0.1, 0.15) is 5.82 Å². The lowest BCUT2D eigenvalue weighted by molar-refractivity contribution is -0.137. The highest BCUT2D eigenvalue weighted by atomic mass is 19.4. The minimum atomic E-state index is -4.69. The number of likely N-dealkylation sites (tertiary alicyclic amines) is 1. The van der Waals surface area contributed by atoms with E-state index in [-0.39, 0.29) is 34.4 Å². The van der Waals surface area contributed by atoms with Crippen molar-refractivity contribution in [3.63, 3.8) is 0 Å². The lowest BCUT2D eigenvalue weighted by Gasteiger charge is -2.33. The van der Waals surface area contributed by atoms with Crippen molar-refractivity contribution in [2.75, 3.05) is 25.0 Å². The van der Waals surface area contributed by atoms with Gasteiger partial charge in [0.25, 0.3) is 0 Å². The Morgan fingerprint density at radius 2 is 1.77 bits per heavy atom. The first kappa shape index (κ1) is 22.5. The second-order valence-corrected chi connectivity index (χ2v) is 9.41. The van der Waals surface area contributed by atoms with Gasteiger partial charge < -0.3 is 10.6 Å². The predicted molar refractivity (Wildman–Crippen MR) is 104 cm³/mol. The number of carbonyl (C=O) groups is 2. The van der Waals surface area contributed by atoms with E-state index in [1.165, 1.54) is 0 Å². The zero-order chi connectivity index (χ0) is 22.3. The summed E-state index contributed by atoms with van der Waals surface area (Å²) in [5, 5.41) is 5.36. The molecule has 0 aromatic heterocycles. The van der Waals surface area contributed by atoms with Crippen LogP contribution in [0.25, 0.3) is 0 Å². The van der Waals surface area contributed by atoms with Crippen molar-refractivity contribution in [3.8, 4) is 0 Å². The SMILES string of the molecule is CC(C)(C)NC(=O)CN1CCC2(CC1)CC2C(=O)Nc1cc(F)cc(C(F)(F)F)c1. The number of halogens is 4. The lowest BCUT2D eigenvalue weighted by atomic mass is 9.90. The number of amides is 2. The van der Waals surface area contributed by atoms with Crippen LogP contribution in [0, 0.1) is 17.2 Å². The number of benzene rings is 1. The molecule has 9 heteroatoms. The molecule has 5 nitrogen and oxygen atoms in total. The van der Waals surface area contributed by atoms with Crippen LogP contribution >= 0.6 is 0 Å². The number of nitrogens with one attached hydrogen (secondary N) is 2. The van der Waals surface area contributed by atoms with E-state index >= 15 is 0 Å². The third-order valence-electron chi connectivity index (χ3n) is 5.73. The fraction of sp³-hybridized carbons (Fsp3) is 0.619. The largest absolute Gasteiger partial charge is 0.416 e. The molecule has 0 radical (unpaired) electrons. The zero-order valence-corrected chi connectivity index (χ0v) is 17.3. The summed E-state index contributed by atoms with van der Waals surface area (Å²) < 4.78 is 52.1. The van der Waals surface area contributed by atoms with Crippen LogP contribution in [0.1, 0.15) is 45.6 Å². The van der Waals surface area contributed by atoms with Crippen LogP contribution in [0.3, 0.4) is 0 Å². The van der Waals surface area contributed by atoms with Gasteiger partial charge in [0.15, 0.2) is 0 Å². The molecule has 2 N–H and O–H groups in total. The topological polar surface area (TPSA) is 61.4 Å². The van der Waals surface area contributed by atoms with Gasteiger partial charge in [0.05, 0.1) is 12.1 Å². The summed E-state index contributed by atoms with van der Waals surface area (Å²) in [7, 11) is 0. The van der Waals surface area contributed by atoms with Gasteiger partial charge in [0.2, 0.25) is 11.8 Å². The first-order chi connectivity index (χ1) is 13.8. The Bertz CT molecular complexity index is 825. The molecule has 0 bridgehead atoms. The Labute approximate surface area is 173 Å². The van der Waals surface area contributed by atoms with Crippen molar-refractivity contribution < 1.29 is 27.2 Å². The van der Waals surface area contributed by atoms with E-state index in [4.69, 9.17) is 0 Å². The average Bonchev–Trinajstić information content (AvgIpc) is 3.28. The van der Waals surface area contributed by atoms with Gasteiger partial charge in [-0.2, -0.15) is 13.2 Å². The Morgan fingerprint density at radius 1 is 1.13 bits per heavy atom. The smallest absolute Gasteiger partial charge is 0.350 e. The summed E-state index contributed by atoms with van der Waals surface area (Å²) >= 11 is 0. The fourth-order valence-corrected chi connectivity index (χ4v) is 4.14. The van der Waals surface area contributed by atoms with E-state index in [1.54, 1.807) is 0 Å². The molecule has 1 aliphatic heterocycles. The monoisotopic (exact) mass is 429 g/mol. The van der Waals surface area contributed by atoms with E-state index in [9.17, 15) is 27.2 Å². The zero-order valence-electron chi connectivity index (χ0n) is 17.3. The maximum Gasteiger partial charge on any atom is 0.416 e. The summed E-state index contributed by atoms with van der Waals surface area (Å²) in [5.74, 6) is -1.78. The van der Waals surface area contributed by atoms with Crippen LogP contribution < -0.4 is 10.6 Å². The molecule has 1 atom stereocenters. The summed E-state index contributed by atoms with van der Waals surface area (Å²) in [5.41, 5.74) is -1.80. The van der Waals surface area contributed by atoms with E-state index < -0.39 is 17.6 Å². The van der Waals surface area contributed by atoms with Crippen LogP contribution in [-0.4, -0.2) is 41.9 Å². The van der Waals surface area contributed by atoms with Crippen LogP contribution in [0.15, 0.2) is 18.2 Å². The molecule has 1 heterocycles. The number of rotatable bonds is 4. The summed E-state index contributed by atoms with van der Waals surface area (Å²) in [6, 6.07) is 2.03. The highest BCUT2D eigenvalue weighted by molar-refractivity contribution is 5.95. The van der Waals surface area contributed by atoms with E-state index in [1.807, 2.05) is 25.7 Å². The third-order valence-corrected chi connectivity index (χ3v) is 5.73. The Kier molecular flexibility index (Phi) is 5.88. The normalized spacial score (nSPS) is 21.4. The Hall–Kier alpha value is -2.16. The molecule has 1 aliphatic carbocycles. The highest BCUT2D eigenvalue weighted by Crippen LogP contribution is 2.59. The van der Waals surface area contributed by atoms with Gasteiger partial charge >= 0.3 is 6.18 Å². The molecular formula is C21H27F4N3O2. The number of anilines is 1. The van der Waals surface area contributed by atoms with Crippen LogP contribution in [0.4, 0.5) is 23.2 Å². The molecule has 1 saturated carbocycles. The maximum atomic E-state index is 13.5. The molecule has 166 valence electrons. The number of alkyl halides is 3. The second-order valence-electron chi connectivity index (χ2n) is 9.41. The van der Waals surface area contributed by atoms with E-state index in [0.717, 1.165) is 25.0 Å². The molecule has 3 rings (SSSR count). The van der Waals surface area contributed by atoms with Crippen molar-refractivity contribution in [2.24, 2.45) is 11.3 Å². The van der Waals surface area contributed by atoms with Crippen LogP contribution in [-0.2, 0) is 15.8 Å². The molecule has 2 fully saturated rings. The molecule has 1 aromatic rings. The van der Waals surface area contributed by atoms with E-state index in [0.29, 0.717) is 32.1 Å². The summed E-state index contributed by atoms with van der Waals surface area (Å²) in [6.45, 7) is 7.41. The Balaban J connectivity index is 1.53. The van der Waals surface area contributed by atoms with Gasteiger partial charge in [-0.25, -0.2) is 4.39 Å². The van der Waals surface area contributed by atoms with Gasteiger partial charge in [-0.1, -0.05) is 0 Å². The number of hydrogen-bond donors (Lipinski definition) is 2. The summed E-state index contributed by atoms with van der Waals surface area (Å²) in [6.07, 6.45) is -2.55. The standard InChI is InChI=1S/C21H27F4N3O2/c1-19(2,3)27-17(29)12-28-6-4-20(5-7-28)11-16(20)18(30)26-15-9-13(21(23,24)25)8-14(22)10-15/h8-10,16H,4-7,11-12H2,1-3H3,(H,26,30)(H,27,29). The highest BCUT2D eigenvalue weighted by Gasteiger charge is 2.58. The van der Waals surface area contributed by atoms with Gasteiger partial charge in [-0.3, -0.25) is 14.5 Å². The van der Waals surface area contributed by atoms with Crippen molar-refractivity contribution in [2.45, 2.75) is 51.7 Å². The van der Waals surface area contributed by atoms with Crippen molar-refractivity contribution in [1.29, 1.82) is 0 Å². The second kappa shape index (κ2) is 7.83. The molecule has 2 amide bonds. The molecule has 1 spiro atoms. The van der Waals surface area contributed by atoms with Crippen molar-refractivity contribution in [3.05, 3.63) is 29.6 Å². The number of nitrogens with zero attached hydrogens (tertiary/aromatic N) is 1. The molecule has 1 aromatic carbocycles. The number of carbonyl (C=O) groups excluding carboxylic acids is 2. The first-order valence-corrected chi connectivity index (χ1v) is 9.99. The molecule has 2 aliphatic rings. The van der Waals surface area contributed by atoms with Crippen LogP contribution in [0.5, 0.6) is 0 Å². The van der Waals surface area contributed by atoms with Crippen molar-refractivity contribution >= 4 is 17.5 Å². The minimum Gasteiger partial charge on any atom is -0.350 e. The lowest BCUT2D eigenvalue weighted by Crippen LogP contribution is -2.47. The third kappa shape index (κ3) is 5.50. The quantitative estimate of drug-likeness (QED) is 0.716. The summed E-state index contributed by atoms with van der Waals surface area (Å²) in [4.78, 5) is 26.7. The molecule has 1 unspecified atom stereocenters. The van der Waals surface area contributed by atoms with Crippen LogP contribution in [0.2, 0.25) is 0 Å². The predicted octanol–water partition coefficient (Wildman–Crippen LogP) is 3.80. The maximum absolute atomic E-state index is 13.5. The minimum absolute atomic E-state index is 0.0462. The van der Waals surface area contributed by atoms with Gasteiger partial charge in [-0.05, 0) is 76.7 Å². The molecule has 30 heavy (non-hydrogen) atoms. The average molecular weight is 429 g/mol. The van der Waals surface area contributed by atoms with Gasteiger partial charge in [-0.15, -0.1) is 0 Å². The molecular weight excluding hydrogens is 402 g/mol. The van der Waals surface area contributed by atoms with Gasteiger partial charge in [0, 0.05) is 17.1 Å². The van der Waals surface area contributed by atoms with E-state index in [2.05, 4.69) is 10.6 Å². The number of piperidine rings is 1.